The van der Waals surface area contributed by atoms with Crippen molar-refractivity contribution < 1.29 is 14.3 Å². The summed E-state index contributed by atoms with van der Waals surface area (Å²) in [6.07, 6.45) is 2.70. The fourth-order valence-electron chi connectivity index (χ4n) is 0.819. The van der Waals surface area contributed by atoms with Crippen LogP contribution in [-0.4, -0.2) is 24.1 Å². The van der Waals surface area contributed by atoms with Crippen LogP contribution in [0.3, 0.4) is 0 Å². The lowest BCUT2D eigenvalue weighted by atomic mass is 10.1. The molecule has 1 rings (SSSR count). The molecule has 0 saturated heterocycles. The highest BCUT2D eigenvalue weighted by Crippen LogP contribution is 2.00. The highest BCUT2D eigenvalue weighted by Gasteiger charge is 2.17. The lowest BCUT2D eigenvalue weighted by Crippen LogP contribution is -2.21. The van der Waals surface area contributed by atoms with Gasteiger partial charge >= 0.3 is 5.97 Å². The Hall–Kier alpha value is -1.45. The highest BCUT2D eigenvalue weighted by atomic mass is 16.5. The van der Waals surface area contributed by atoms with Crippen LogP contribution in [0.5, 0.6) is 0 Å². The molecule has 0 spiro atoms. The maximum atomic E-state index is 11.0. The first-order chi connectivity index (χ1) is 5.74. The minimum absolute atomic E-state index is 0.0509. The summed E-state index contributed by atoms with van der Waals surface area (Å²) in [6.45, 7) is 2.01. The van der Waals surface area contributed by atoms with E-state index in [0.717, 1.165) is 0 Å². The van der Waals surface area contributed by atoms with Gasteiger partial charge in [0.2, 0.25) is 0 Å². The lowest BCUT2D eigenvalue weighted by Gasteiger charge is -2.05. The van der Waals surface area contributed by atoms with Crippen molar-refractivity contribution in [1.82, 2.24) is 0 Å². The molecule has 0 aromatic carbocycles. The smallest absolute Gasteiger partial charge is 0.353 e. The highest BCUT2D eigenvalue weighted by molar-refractivity contribution is 6.41. The summed E-state index contributed by atoms with van der Waals surface area (Å²) < 4.78 is 4.67. The number of hydrogen-bond donors (Lipinski definition) is 0. The van der Waals surface area contributed by atoms with Crippen LogP contribution < -0.4 is 0 Å². The molecule has 0 radical (unpaired) electrons. The molecule has 4 nitrogen and oxygen atoms in total. The van der Waals surface area contributed by atoms with Gasteiger partial charge in [-0.05, 0) is 13.0 Å². The molecular weight excluding hydrogens is 158 g/mol. The van der Waals surface area contributed by atoms with Gasteiger partial charge in [0.05, 0.1) is 13.0 Å². The first kappa shape index (κ1) is 8.64. The van der Waals surface area contributed by atoms with E-state index < -0.39 is 5.97 Å². The molecule has 0 N–H and O–H groups in total. The maximum Gasteiger partial charge on any atom is 0.353 e. The summed E-state index contributed by atoms with van der Waals surface area (Å²) in [5, 5.41) is 0. The lowest BCUT2D eigenvalue weighted by molar-refractivity contribution is -0.135. The first-order valence-electron chi connectivity index (χ1n) is 3.67. The van der Waals surface area contributed by atoms with Gasteiger partial charge in [-0.2, -0.15) is 0 Å². The standard InChI is InChI=1S/C8H9NO3/c1-2-12-8(11)7-5-6(10)3-4-9-7/h3-4H,2,5H2,1H3. The summed E-state index contributed by atoms with van der Waals surface area (Å²) in [5.74, 6) is -0.622. The zero-order valence-corrected chi connectivity index (χ0v) is 6.74. The summed E-state index contributed by atoms with van der Waals surface area (Å²) in [6, 6.07) is 0. The van der Waals surface area contributed by atoms with Crippen molar-refractivity contribution in [2.45, 2.75) is 13.3 Å². The average Bonchev–Trinajstić information content (AvgIpc) is 2.05. The van der Waals surface area contributed by atoms with Gasteiger partial charge < -0.3 is 4.74 Å². The van der Waals surface area contributed by atoms with Gasteiger partial charge in [-0.1, -0.05) is 0 Å². The number of rotatable bonds is 2. The van der Waals surface area contributed by atoms with Gasteiger partial charge in [-0.15, -0.1) is 0 Å². The predicted molar refractivity (Wildman–Crippen MR) is 42.8 cm³/mol. The Kier molecular flexibility index (Phi) is 2.74. The van der Waals surface area contributed by atoms with Gasteiger partial charge in [0.25, 0.3) is 0 Å². The molecule has 1 aliphatic rings. The van der Waals surface area contributed by atoms with Crippen molar-refractivity contribution in [3.63, 3.8) is 0 Å². The molecule has 0 aliphatic carbocycles. The molecule has 0 fully saturated rings. The Bertz CT molecular complexity index is 265. The average molecular weight is 167 g/mol. The molecule has 4 heteroatoms. The van der Waals surface area contributed by atoms with Crippen LogP contribution in [0, 0.1) is 0 Å². The van der Waals surface area contributed by atoms with E-state index in [1.807, 2.05) is 0 Å². The minimum atomic E-state index is -0.504. The van der Waals surface area contributed by atoms with Crippen molar-refractivity contribution in [1.29, 1.82) is 0 Å². The van der Waals surface area contributed by atoms with Crippen molar-refractivity contribution in [2.75, 3.05) is 6.61 Å². The molecule has 0 aromatic rings. The number of carbonyl (C=O) groups is 2. The molecule has 64 valence electrons. The first-order valence-corrected chi connectivity index (χ1v) is 3.67. The normalized spacial score (nSPS) is 15.8. The second-order valence-corrected chi connectivity index (χ2v) is 2.26. The van der Waals surface area contributed by atoms with E-state index in [1.54, 1.807) is 6.92 Å². The molecule has 1 heterocycles. The van der Waals surface area contributed by atoms with Crippen LogP contribution in [0.25, 0.3) is 0 Å². The van der Waals surface area contributed by atoms with Crippen LogP contribution in [-0.2, 0) is 14.3 Å². The van der Waals surface area contributed by atoms with Gasteiger partial charge in [0.1, 0.15) is 5.71 Å². The van der Waals surface area contributed by atoms with Crippen LogP contribution in [0.1, 0.15) is 13.3 Å². The van der Waals surface area contributed by atoms with Gasteiger partial charge in [-0.25, -0.2) is 4.79 Å². The van der Waals surface area contributed by atoms with Crippen LogP contribution in [0.2, 0.25) is 0 Å². The Morgan fingerprint density at radius 2 is 2.50 bits per heavy atom. The Balaban J connectivity index is 2.63. The summed E-state index contributed by atoms with van der Waals surface area (Å²) in [4.78, 5) is 25.6. The number of ether oxygens (including phenoxy) is 1. The minimum Gasteiger partial charge on any atom is -0.461 e. The molecule has 0 aromatic heterocycles. The third-order valence-electron chi connectivity index (χ3n) is 1.34. The molecular formula is C8H9NO3. The quantitative estimate of drug-likeness (QED) is 0.562. The Morgan fingerprint density at radius 3 is 3.08 bits per heavy atom. The van der Waals surface area contributed by atoms with Crippen molar-refractivity contribution in [3.05, 3.63) is 12.3 Å². The number of aliphatic imine (C=N–C) groups is 1. The number of carbonyl (C=O) groups excluding carboxylic acids is 2. The monoisotopic (exact) mass is 167 g/mol. The number of nitrogens with zero attached hydrogens (tertiary/aromatic N) is 1. The summed E-state index contributed by atoms with van der Waals surface area (Å²) >= 11 is 0. The van der Waals surface area contributed by atoms with Crippen LogP contribution >= 0.6 is 0 Å². The SMILES string of the molecule is CCOC(=O)C1=NC=CC(=O)C1. The molecule has 0 atom stereocenters. The molecule has 1 aliphatic heterocycles. The van der Waals surface area contributed by atoms with Crippen molar-refractivity contribution >= 4 is 17.5 Å². The van der Waals surface area contributed by atoms with E-state index in [1.165, 1.54) is 12.3 Å². The zero-order chi connectivity index (χ0) is 8.97. The number of esters is 1. The van der Waals surface area contributed by atoms with Crippen molar-refractivity contribution in [3.8, 4) is 0 Å². The fraction of sp³-hybridized carbons (Fsp3) is 0.375. The Morgan fingerprint density at radius 1 is 1.75 bits per heavy atom. The molecule has 0 amide bonds. The number of hydrogen-bond acceptors (Lipinski definition) is 4. The van der Waals surface area contributed by atoms with E-state index in [0.29, 0.717) is 6.61 Å². The van der Waals surface area contributed by atoms with E-state index in [2.05, 4.69) is 9.73 Å². The van der Waals surface area contributed by atoms with Gasteiger partial charge in [0, 0.05) is 6.20 Å². The maximum absolute atomic E-state index is 11.0. The van der Waals surface area contributed by atoms with Gasteiger partial charge in [0.15, 0.2) is 5.78 Å². The summed E-state index contributed by atoms with van der Waals surface area (Å²) in [7, 11) is 0. The van der Waals surface area contributed by atoms with Crippen molar-refractivity contribution in [2.24, 2.45) is 4.99 Å². The summed E-state index contributed by atoms with van der Waals surface area (Å²) in [5.41, 5.74) is 0.185. The number of allylic oxidation sites excluding steroid dienone is 1. The van der Waals surface area contributed by atoms with E-state index in [9.17, 15) is 9.59 Å². The second-order valence-electron chi connectivity index (χ2n) is 2.26. The molecule has 0 unspecified atom stereocenters. The van der Waals surface area contributed by atoms with E-state index in [-0.39, 0.29) is 17.9 Å². The second kappa shape index (κ2) is 3.80. The van der Waals surface area contributed by atoms with Gasteiger partial charge in [-0.3, -0.25) is 9.79 Å². The van der Waals surface area contributed by atoms with Crippen LogP contribution in [0.15, 0.2) is 17.3 Å². The van der Waals surface area contributed by atoms with E-state index >= 15 is 0 Å². The van der Waals surface area contributed by atoms with Crippen LogP contribution in [0.4, 0.5) is 0 Å². The third-order valence-corrected chi connectivity index (χ3v) is 1.34. The third kappa shape index (κ3) is 2.02. The number of ketones is 1. The largest absolute Gasteiger partial charge is 0.461 e. The fourth-order valence-corrected chi connectivity index (χ4v) is 0.819. The zero-order valence-electron chi connectivity index (χ0n) is 6.74. The predicted octanol–water partition coefficient (Wildman–Crippen LogP) is 0.477. The molecule has 0 bridgehead atoms. The van der Waals surface area contributed by atoms with E-state index in [4.69, 9.17) is 0 Å². The molecule has 0 saturated carbocycles. The topological polar surface area (TPSA) is 55.7 Å². The Labute approximate surface area is 69.9 Å². The molecule has 12 heavy (non-hydrogen) atoms.